The predicted molar refractivity (Wildman–Crippen MR) is 74.7 cm³/mol. The Bertz CT molecular complexity index is 501. The molecule has 0 aliphatic heterocycles. The molecule has 19 heavy (non-hydrogen) atoms. The predicted octanol–water partition coefficient (Wildman–Crippen LogP) is 2.15. The normalized spacial score (nSPS) is 13.1. The SMILES string of the molecule is CNC(C(=O)O)C(=O)c1cc(C(C)(C)C)ccc1C. The maximum absolute atomic E-state index is 12.3. The van der Waals surface area contributed by atoms with Crippen molar-refractivity contribution in [1.82, 2.24) is 5.32 Å². The van der Waals surface area contributed by atoms with E-state index < -0.39 is 17.8 Å². The molecule has 0 aliphatic carbocycles. The second-order valence-electron chi connectivity index (χ2n) is 5.70. The lowest BCUT2D eigenvalue weighted by Crippen LogP contribution is -2.41. The lowest BCUT2D eigenvalue weighted by atomic mass is 9.84. The number of aryl methyl sites for hydroxylation is 1. The van der Waals surface area contributed by atoms with E-state index in [-0.39, 0.29) is 5.41 Å². The molecule has 4 heteroatoms. The summed E-state index contributed by atoms with van der Waals surface area (Å²) in [6.45, 7) is 7.98. The van der Waals surface area contributed by atoms with Crippen molar-refractivity contribution in [1.29, 1.82) is 0 Å². The molecule has 2 N–H and O–H groups in total. The topological polar surface area (TPSA) is 66.4 Å². The number of hydrogen-bond donors (Lipinski definition) is 2. The molecule has 4 nitrogen and oxygen atoms in total. The van der Waals surface area contributed by atoms with E-state index in [4.69, 9.17) is 5.11 Å². The molecule has 104 valence electrons. The summed E-state index contributed by atoms with van der Waals surface area (Å²) in [5.74, 6) is -1.56. The molecule has 0 aliphatic rings. The fourth-order valence-corrected chi connectivity index (χ4v) is 1.88. The van der Waals surface area contributed by atoms with Gasteiger partial charge in [0.1, 0.15) is 0 Å². The molecule has 1 aromatic rings. The maximum atomic E-state index is 12.3. The zero-order valence-corrected chi connectivity index (χ0v) is 12.1. The van der Waals surface area contributed by atoms with Crippen LogP contribution in [-0.4, -0.2) is 29.9 Å². The minimum Gasteiger partial charge on any atom is -0.480 e. The van der Waals surface area contributed by atoms with Gasteiger partial charge in [0.15, 0.2) is 11.8 Å². The second-order valence-corrected chi connectivity index (χ2v) is 5.70. The lowest BCUT2D eigenvalue weighted by Gasteiger charge is -2.21. The molecule has 0 saturated carbocycles. The van der Waals surface area contributed by atoms with Crippen LogP contribution in [0.1, 0.15) is 42.3 Å². The Morgan fingerprint density at radius 2 is 1.84 bits per heavy atom. The van der Waals surface area contributed by atoms with Crippen molar-refractivity contribution in [3.8, 4) is 0 Å². The summed E-state index contributed by atoms with van der Waals surface area (Å²) in [5.41, 5.74) is 2.19. The van der Waals surface area contributed by atoms with Crippen LogP contribution in [0.4, 0.5) is 0 Å². The number of carbonyl (C=O) groups is 2. The molecule has 1 aromatic carbocycles. The van der Waals surface area contributed by atoms with E-state index in [0.717, 1.165) is 11.1 Å². The maximum Gasteiger partial charge on any atom is 0.328 e. The van der Waals surface area contributed by atoms with E-state index in [9.17, 15) is 9.59 Å². The molecular weight excluding hydrogens is 242 g/mol. The van der Waals surface area contributed by atoms with E-state index in [2.05, 4.69) is 26.1 Å². The van der Waals surface area contributed by atoms with Crippen LogP contribution in [-0.2, 0) is 10.2 Å². The minimum absolute atomic E-state index is 0.0822. The molecule has 1 atom stereocenters. The summed E-state index contributed by atoms with van der Waals surface area (Å²) >= 11 is 0. The van der Waals surface area contributed by atoms with Gasteiger partial charge in [0.05, 0.1) is 0 Å². The Morgan fingerprint density at radius 1 is 1.26 bits per heavy atom. The van der Waals surface area contributed by atoms with Crippen molar-refractivity contribution < 1.29 is 14.7 Å². The lowest BCUT2D eigenvalue weighted by molar-refractivity contribution is -0.137. The number of carboxylic acid groups (broad SMARTS) is 1. The minimum atomic E-state index is -1.20. The first-order valence-corrected chi connectivity index (χ1v) is 6.24. The summed E-state index contributed by atoms with van der Waals surface area (Å²) in [5, 5.41) is 11.6. The fourth-order valence-electron chi connectivity index (χ4n) is 1.88. The third-order valence-corrected chi connectivity index (χ3v) is 3.17. The Balaban J connectivity index is 3.26. The van der Waals surface area contributed by atoms with Crippen molar-refractivity contribution >= 4 is 11.8 Å². The third-order valence-electron chi connectivity index (χ3n) is 3.17. The number of carboxylic acids is 1. The highest BCUT2D eigenvalue weighted by Crippen LogP contribution is 2.25. The van der Waals surface area contributed by atoms with Crippen LogP contribution in [0, 0.1) is 6.92 Å². The number of benzene rings is 1. The van der Waals surface area contributed by atoms with E-state index >= 15 is 0 Å². The van der Waals surface area contributed by atoms with E-state index in [1.165, 1.54) is 7.05 Å². The molecule has 0 fully saturated rings. The number of hydrogen-bond acceptors (Lipinski definition) is 3. The fraction of sp³-hybridized carbons (Fsp3) is 0.467. The molecule has 0 saturated heterocycles. The second kappa shape index (κ2) is 5.53. The average Bonchev–Trinajstić information content (AvgIpc) is 2.28. The van der Waals surface area contributed by atoms with Gasteiger partial charge in [-0.15, -0.1) is 0 Å². The van der Waals surface area contributed by atoms with E-state index in [1.54, 1.807) is 6.07 Å². The van der Waals surface area contributed by atoms with Gasteiger partial charge in [0.2, 0.25) is 0 Å². The highest BCUT2D eigenvalue weighted by molar-refractivity contribution is 6.12. The zero-order valence-electron chi connectivity index (χ0n) is 12.1. The molecule has 1 rings (SSSR count). The number of Topliss-reactive ketones (excluding diaryl/α,β-unsaturated/α-hetero) is 1. The quantitative estimate of drug-likeness (QED) is 0.645. The van der Waals surface area contributed by atoms with Crippen molar-refractivity contribution in [3.05, 3.63) is 34.9 Å². The molecule has 0 amide bonds. The van der Waals surface area contributed by atoms with Crippen LogP contribution in [0.2, 0.25) is 0 Å². The summed E-state index contributed by atoms with van der Waals surface area (Å²) in [7, 11) is 1.47. The van der Waals surface area contributed by atoms with Crippen LogP contribution < -0.4 is 5.32 Å². The Kier molecular flexibility index (Phi) is 4.48. The Hall–Kier alpha value is -1.68. The number of ketones is 1. The van der Waals surface area contributed by atoms with Crippen molar-refractivity contribution in [2.24, 2.45) is 0 Å². The standard InChI is InChI=1S/C15H21NO3/c1-9-6-7-10(15(2,3)4)8-11(9)13(17)12(16-5)14(18)19/h6-8,12,16H,1-5H3,(H,18,19). The van der Waals surface area contributed by atoms with Crippen LogP contribution in [0.3, 0.4) is 0 Å². The molecule has 1 unspecified atom stereocenters. The highest BCUT2D eigenvalue weighted by Gasteiger charge is 2.27. The van der Waals surface area contributed by atoms with Crippen LogP contribution in [0.5, 0.6) is 0 Å². The zero-order chi connectivity index (χ0) is 14.8. The monoisotopic (exact) mass is 263 g/mol. The Morgan fingerprint density at radius 3 is 2.26 bits per heavy atom. The van der Waals surface area contributed by atoms with Gasteiger partial charge in [-0.2, -0.15) is 0 Å². The first kappa shape index (κ1) is 15.4. The molecular formula is C15H21NO3. The number of likely N-dealkylation sites (N-methyl/N-ethyl adjacent to an activating group) is 1. The number of nitrogens with one attached hydrogen (secondary N) is 1. The summed E-state index contributed by atoms with van der Waals surface area (Å²) in [6.07, 6.45) is 0. The third kappa shape index (κ3) is 3.41. The van der Waals surface area contributed by atoms with Crippen molar-refractivity contribution in [2.75, 3.05) is 7.05 Å². The summed E-state index contributed by atoms with van der Waals surface area (Å²) in [6, 6.07) is 4.43. The van der Waals surface area contributed by atoms with Crippen LogP contribution in [0.15, 0.2) is 18.2 Å². The van der Waals surface area contributed by atoms with Gasteiger partial charge in [-0.25, -0.2) is 0 Å². The molecule has 0 aromatic heterocycles. The first-order chi connectivity index (χ1) is 8.68. The van der Waals surface area contributed by atoms with Crippen molar-refractivity contribution in [2.45, 2.75) is 39.2 Å². The van der Waals surface area contributed by atoms with Crippen LogP contribution in [0.25, 0.3) is 0 Å². The number of rotatable bonds is 4. The summed E-state index contributed by atoms with van der Waals surface area (Å²) < 4.78 is 0. The number of carbonyl (C=O) groups excluding carboxylic acids is 1. The van der Waals surface area contributed by atoms with Gasteiger partial charge in [0.25, 0.3) is 0 Å². The smallest absolute Gasteiger partial charge is 0.328 e. The van der Waals surface area contributed by atoms with Gasteiger partial charge in [0, 0.05) is 5.56 Å². The molecule has 0 spiro atoms. The van der Waals surface area contributed by atoms with Gasteiger partial charge >= 0.3 is 5.97 Å². The Labute approximate surface area is 113 Å². The van der Waals surface area contributed by atoms with Crippen molar-refractivity contribution in [3.63, 3.8) is 0 Å². The largest absolute Gasteiger partial charge is 0.480 e. The molecule has 0 heterocycles. The van der Waals surface area contributed by atoms with Gasteiger partial charge in [-0.1, -0.05) is 32.9 Å². The molecule has 0 bridgehead atoms. The van der Waals surface area contributed by atoms with Gasteiger partial charge < -0.3 is 10.4 Å². The molecule has 0 radical (unpaired) electrons. The van der Waals surface area contributed by atoms with Gasteiger partial charge in [-0.3, -0.25) is 9.59 Å². The first-order valence-electron chi connectivity index (χ1n) is 6.24. The number of aliphatic carboxylic acids is 1. The summed E-state index contributed by atoms with van der Waals surface area (Å²) in [4.78, 5) is 23.3. The van der Waals surface area contributed by atoms with Crippen LogP contribution >= 0.6 is 0 Å². The van der Waals surface area contributed by atoms with Gasteiger partial charge in [-0.05, 0) is 36.6 Å². The highest BCUT2D eigenvalue weighted by atomic mass is 16.4. The van der Waals surface area contributed by atoms with E-state index in [0.29, 0.717) is 5.56 Å². The van der Waals surface area contributed by atoms with E-state index in [1.807, 2.05) is 19.1 Å². The average molecular weight is 263 g/mol.